The van der Waals surface area contributed by atoms with Crippen molar-refractivity contribution in [2.75, 3.05) is 45.2 Å². The third-order valence-corrected chi connectivity index (χ3v) is 5.36. The topological polar surface area (TPSA) is 104 Å². The lowest BCUT2D eigenvalue weighted by Gasteiger charge is -2.21. The van der Waals surface area contributed by atoms with Crippen LogP contribution in [-0.2, 0) is 9.59 Å². The number of carbonyl (C=O) groups is 2. The summed E-state index contributed by atoms with van der Waals surface area (Å²) < 4.78 is 27.4. The molecular weight excluding hydrogens is 464 g/mol. The summed E-state index contributed by atoms with van der Waals surface area (Å²) in [6.45, 7) is 0.769. The van der Waals surface area contributed by atoms with Crippen molar-refractivity contribution in [3.63, 3.8) is 0 Å². The van der Waals surface area contributed by atoms with E-state index >= 15 is 0 Å². The molecule has 186 valence electrons. The van der Waals surface area contributed by atoms with Crippen LogP contribution in [0.4, 0.5) is 11.4 Å². The smallest absolute Gasteiger partial charge is 0.261 e. The number of amides is 2. The van der Waals surface area contributed by atoms with Crippen LogP contribution in [0.25, 0.3) is 6.08 Å². The van der Waals surface area contributed by atoms with Gasteiger partial charge in [0.2, 0.25) is 5.75 Å². The van der Waals surface area contributed by atoms with Crippen LogP contribution in [0.2, 0.25) is 0 Å². The molecule has 2 amide bonds. The van der Waals surface area contributed by atoms with E-state index in [-0.39, 0.29) is 5.57 Å². The molecule has 0 unspecified atom stereocenters. The fourth-order valence-electron chi connectivity index (χ4n) is 3.65. The third kappa shape index (κ3) is 5.35. The molecular formula is C27H26N2O7. The summed E-state index contributed by atoms with van der Waals surface area (Å²) in [5.74, 6) is 0.989. The summed E-state index contributed by atoms with van der Waals surface area (Å²) >= 11 is 0. The number of ether oxygens (including phenoxy) is 5. The summed E-state index contributed by atoms with van der Waals surface area (Å²) in [7, 11) is 4.50. The zero-order valence-electron chi connectivity index (χ0n) is 20.1. The van der Waals surface area contributed by atoms with Gasteiger partial charge in [-0.1, -0.05) is 24.3 Å². The molecule has 4 rings (SSSR count). The Labute approximate surface area is 208 Å². The lowest BCUT2D eigenvalue weighted by molar-refractivity contribution is -0.118. The maximum absolute atomic E-state index is 13.4. The first-order valence-electron chi connectivity index (χ1n) is 11.1. The SMILES string of the molecule is COc1ccccc1NC(=O)C(=Cc1cc(OC)c2c(c1)OCCO2)C(=O)Nc1ccccc1OC. The standard InChI is InChI=1S/C27H26N2O7/c1-32-21-10-6-4-8-19(21)28-26(30)18(27(31)29-20-9-5-7-11-22(20)33-2)14-17-15-23(34-3)25-24(16-17)35-12-13-36-25/h4-11,14-16H,12-13H2,1-3H3,(H,28,30)(H,29,31). The zero-order valence-corrected chi connectivity index (χ0v) is 20.1. The number of rotatable bonds is 8. The lowest BCUT2D eigenvalue weighted by Crippen LogP contribution is -2.25. The van der Waals surface area contributed by atoms with Crippen LogP contribution in [0.1, 0.15) is 5.56 Å². The number of fused-ring (bicyclic) bond motifs is 1. The first kappa shape index (κ1) is 24.5. The summed E-state index contributed by atoms with van der Waals surface area (Å²) in [5.41, 5.74) is 1.18. The first-order chi connectivity index (χ1) is 17.5. The summed E-state index contributed by atoms with van der Waals surface area (Å²) in [6, 6.07) is 17.2. The number of para-hydroxylation sites is 4. The van der Waals surface area contributed by atoms with Crippen molar-refractivity contribution < 1.29 is 33.3 Å². The molecule has 1 heterocycles. The fraction of sp³-hybridized carbons (Fsp3) is 0.185. The number of hydrogen-bond donors (Lipinski definition) is 2. The molecule has 2 N–H and O–H groups in total. The molecule has 0 saturated heterocycles. The van der Waals surface area contributed by atoms with Crippen LogP contribution in [-0.4, -0.2) is 46.4 Å². The van der Waals surface area contributed by atoms with Crippen LogP contribution in [0, 0.1) is 0 Å². The van der Waals surface area contributed by atoms with E-state index in [9.17, 15) is 9.59 Å². The molecule has 1 aliphatic rings. The highest BCUT2D eigenvalue weighted by atomic mass is 16.6. The minimum absolute atomic E-state index is 0.162. The molecule has 0 bridgehead atoms. The molecule has 0 aliphatic carbocycles. The van der Waals surface area contributed by atoms with Gasteiger partial charge < -0.3 is 34.3 Å². The first-order valence-corrected chi connectivity index (χ1v) is 11.1. The minimum atomic E-state index is -0.638. The van der Waals surface area contributed by atoms with Gasteiger partial charge in [-0.2, -0.15) is 0 Å². The second-order valence-electron chi connectivity index (χ2n) is 7.61. The normalized spacial score (nSPS) is 11.6. The monoisotopic (exact) mass is 490 g/mol. The van der Waals surface area contributed by atoms with E-state index in [0.717, 1.165) is 0 Å². The Morgan fingerprint density at radius 2 is 1.28 bits per heavy atom. The summed E-state index contributed by atoms with van der Waals surface area (Å²) in [4.78, 5) is 26.8. The molecule has 0 fully saturated rings. The van der Waals surface area contributed by atoms with E-state index in [4.69, 9.17) is 23.7 Å². The van der Waals surface area contributed by atoms with E-state index in [1.165, 1.54) is 27.4 Å². The fourth-order valence-corrected chi connectivity index (χ4v) is 3.65. The molecule has 3 aromatic carbocycles. The van der Waals surface area contributed by atoms with Crippen LogP contribution in [0.3, 0.4) is 0 Å². The molecule has 3 aromatic rings. The molecule has 0 radical (unpaired) electrons. The Bertz CT molecular complexity index is 1220. The van der Waals surface area contributed by atoms with E-state index in [1.807, 2.05) is 0 Å². The van der Waals surface area contributed by atoms with Gasteiger partial charge in [0.1, 0.15) is 30.3 Å². The molecule has 1 aliphatic heterocycles. The number of hydrogen-bond acceptors (Lipinski definition) is 7. The predicted molar refractivity (Wildman–Crippen MR) is 135 cm³/mol. The molecule has 0 atom stereocenters. The summed E-state index contributed by atoms with van der Waals surface area (Å²) in [5, 5.41) is 5.51. The van der Waals surface area contributed by atoms with Gasteiger partial charge in [-0.25, -0.2) is 0 Å². The predicted octanol–water partition coefficient (Wildman–Crippen LogP) is 4.14. The van der Waals surface area contributed by atoms with Gasteiger partial charge in [0.15, 0.2) is 11.5 Å². The Morgan fingerprint density at radius 3 is 1.83 bits per heavy atom. The highest BCUT2D eigenvalue weighted by Gasteiger charge is 2.23. The molecule has 0 spiro atoms. The third-order valence-electron chi connectivity index (χ3n) is 5.36. The maximum Gasteiger partial charge on any atom is 0.261 e. The van der Waals surface area contributed by atoms with Crippen molar-refractivity contribution >= 4 is 29.3 Å². The van der Waals surface area contributed by atoms with E-state index in [2.05, 4.69) is 10.6 Å². The van der Waals surface area contributed by atoms with Gasteiger partial charge in [-0.15, -0.1) is 0 Å². The van der Waals surface area contributed by atoms with E-state index in [1.54, 1.807) is 60.7 Å². The summed E-state index contributed by atoms with van der Waals surface area (Å²) in [6.07, 6.45) is 1.45. The van der Waals surface area contributed by atoms with E-state index in [0.29, 0.717) is 58.9 Å². The average molecular weight is 491 g/mol. The molecule has 9 heteroatoms. The van der Waals surface area contributed by atoms with Crippen molar-refractivity contribution in [3.05, 3.63) is 71.8 Å². The Balaban J connectivity index is 1.74. The van der Waals surface area contributed by atoms with E-state index < -0.39 is 11.8 Å². The molecule has 0 aromatic heterocycles. The van der Waals surface area contributed by atoms with Crippen LogP contribution in [0.15, 0.2) is 66.2 Å². The Hall–Kier alpha value is -4.66. The van der Waals surface area contributed by atoms with Crippen molar-refractivity contribution in [1.29, 1.82) is 0 Å². The second kappa shape index (κ2) is 11.2. The van der Waals surface area contributed by atoms with Gasteiger partial charge in [0, 0.05) is 0 Å². The van der Waals surface area contributed by atoms with Gasteiger partial charge in [0.05, 0.1) is 32.7 Å². The number of benzene rings is 3. The molecule has 36 heavy (non-hydrogen) atoms. The minimum Gasteiger partial charge on any atom is -0.495 e. The van der Waals surface area contributed by atoms with Crippen LogP contribution < -0.4 is 34.3 Å². The van der Waals surface area contributed by atoms with Crippen molar-refractivity contribution in [3.8, 4) is 28.7 Å². The van der Waals surface area contributed by atoms with Crippen molar-refractivity contribution in [1.82, 2.24) is 0 Å². The van der Waals surface area contributed by atoms with Gasteiger partial charge in [-0.3, -0.25) is 9.59 Å². The quantitative estimate of drug-likeness (QED) is 0.278. The number of nitrogens with one attached hydrogen (secondary N) is 2. The molecule has 9 nitrogen and oxygen atoms in total. The van der Waals surface area contributed by atoms with Gasteiger partial charge >= 0.3 is 0 Å². The Morgan fingerprint density at radius 1 is 0.750 bits per heavy atom. The zero-order chi connectivity index (χ0) is 25.5. The van der Waals surface area contributed by atoms with Crippen LogP contribution >= 0.6 is 0 Å². The lowest BCUT2D eigenvalue weighted by atomic mass is 10.1. The number of methoxy groups -OCH3 is 3. The number of anilines is 2. The average Bonchev–Trinajstić information content (AvgIpc) is 2.91. The highest BCUT2D eigenvalue weighted by molar-refractivity contribution is 6.29. The van der Waals surface area contributed by atoms with Gasteiger partial charge in [-0.05, 0) is 48.0 Å². The largest absolute Gasteiger partial charge is 0.495 e. The highest BCUT2D eigenvalue weighted by Crippen LogP contribution is 2.41. The maximum atomic E-state index is 13.4. The van der Waals surface area contributed by atoms with Crippen molar-refractivity contribution in [2.24, 2.45) is 0 Å². The number of carbonyl (C=O) groups excluding carboxylic acids is 2. The Kier molecular flexibility index (Phi) is 7.60. The van der Waals surface area contributed by atoms with Crippen LogP contribution in [0.5, 0.6) is 28.7 Å². The molecule has 0 saturated carbocycles. The second-order valence-corrected chi connectivity index (χ2v) is 7.61. The van der Waals surface area contributed by atoms with Gasteiger partial charge in [0.25, 0.3) is 11.8 Å². The van der Waals surface area contributed by atoms with Crippen molar-refractivity contribution in [2.45, 2.75) is 0 Å².